The molecule has 1 aliphatic rings. The molecule has 2 rings (SSSR count). The second kappa shape index (κ2) is 6.00. The number of hydrogen-bond acceptors (Lipinski definition) is 3. The van der Waals surface area contributed by atoms with Crippen LogP contribution in [-0.2, 0) is 9.31 Å². The summed E-state index contributed by atoms with van der Waals surface area (Å²) in [6, 6.07) is 3.48. The molecule has 0 N–H and O–H groups in total. The highest BCUT2D eigenvalue weighted by Gasteiger charge is 2.52. The fraction of sp³-hybridized carbons (Fsp3) is 0.600. The van der Waals surface area contributed by atoms with E-state index < -0.39 is 18.3 Å². The highest BCUT2D eigenvalue weighted by molar-refractivity contribution is 6.66. The van der Waals surface area contributed by atoms with Crippen LogP contribution in [0.1, 0.15) is 41.0 Å². The topological polar surface area (TPSA) is 27.7 Å². The quantitative estimate of drug-likeness (QED) is 0.778. The van der Waals surface area contributed by atoms with Gasteiger partial charge in [-0.2, -0.15) is 0 Å². The lowest BCUT2D eigenvalue weighted by Crippen LogP contribution is -2.41. The Balaban J connectivity index is 2.32. The summed E-state index contributed by atoms with van der Waals surface area (Å²) < 4.78 is 17.7. The number of ether oxygens (including phenoxy) is 1. The van der Waals surface area contributed by atoms with Crippen molar-refractivity contribution in [2.24, 2.45) is 0 Å². The van der Waals surface area contributed by atoms with Crippen LogP contribution >= 0.6 is 23.2 Å². The number of benzene rings is 1. The van der Waals surface area contributed by atoms with Gasteiger partial charge in [0.1, 0.15) is 5.75 Å². The van der Waals surface area contributed by atoms with Gasteiger partial charge in [-0.1, -0.05) is 30.1 Å². The van der Waals surface area contributed by atoms with Crippen molar-refractivity contribution < 1.29 is 14.0 Å². The van der Waals surface area contributed by atoms with Crippen LogP contribution in [0.25, 0.3) is 0 Å². The Kier molecular flexibility index (Phi) is 4.84. The normalized spacial score (nSPS) is 19.9. The van der Waals surface area contributed by atoms with E-state index in [1.54, 1.807) is 6.07 Å². The summed E-state index contributed by atoms with van der Waals surface area (Å²) in [5, 5.41) is 1.01. The molecule has 1 fully saturated rings. The van der Waals surface area contributed by atoms with Crippen LogP contribution in [0.5, 0.6) is 5.75 Å². The number of hydrogen-bond donors (Lipinski definition) is 0. The van der Waals surface area contributed by atoms with E-state index in [0.717, 1.165) is 11.9 Å². The first-order chi connectivity index (χ1) is 9.68. The Morgan fingerprint density at radius 2 is 1.62 bits per heavy atom. The summed E-state index contributed by atoms with van der Waals surface area (Å²) in [4.78, 5) is 0. The monoisotopic (exact) mass is 330 g/mol. The standard InChI is InChI=1S/C15H21BCl2O3/c1-6-7-19-13-8-10(11(17)9-12(13)18)16-20-14(2,3)15(4,5)21-16/h8-9H,6-7H2,1-5H3. The third kappa shape index (κ3) is 3.34. The lowest BCUT2D eigenvalue weighted by molar-refractivity contribution is 0.00578. The summed E-state index contributed by atoms with van der Waals surface area (Å²) in [6.07, 6.45) is 0.908. The summed E-state index contributed by atoms with van der Waals surface area (Å²) in [5.74, 6) is 0.604. The molecule has 1 aliphatic heterocycles. The second-order valence-corrected chi connectivity index (χ2v) is 7.06. The lowest BCUT2D eigenvalue weighted by atomic mass is 9.79. The van der Waals surface area contributed by atoms with Gasteiger partial charge < -0.3 is 14.0 Å². The summed E-state index contributed by atoms with van der Waals surface area (Å²) in [7, 11) is -0.524. The van der Waals surface area contributed by atoms with Crippen molar-refractivity contribution in [2.45, 2.75) is 52.2 Å². The van der Waals surface area contributed by atoms with Crippen LogP contribution in [0.15, 0.2) is 12.1 Å². The van der Waals surface area contributed by atoms with Crippen molar-refractivity contribution in [3.05, 3.63) is 22.2 Å². The van der Waals surface area contributed by atoms with E-state index in [9.17, 15) is 0 Å². The molecule has 1 aromatic carbocycles. The smallest absolute Gasteiger partial charge is 0.492 e. The lowest BCUT2D eigenvalue weighted by Gasteiger charge is -2.32. The predicted molar refractivity (Wildman–Crippen MR) is 88.0 cm³/mol. The molecule has 0 amide bonds. The molecule has 1 heterocycles. The molecular weight excluding hydrogens is 310 g/mol. The van der Waals surface area contributed by atoms with Gasteiger partial charge in [-0.25, -0.2) is 0 Å². The zero-order valence-corrected chi connectivity index (χ0v) is 14.6. The highest BCUT2D eigenvalue weighted by Crippen LogP contribution is 2.38. The maximum absolute atomic E-state index is 6.30. The van der Waals surface area contributed by atoms with Crippen LogP contribution in [0.2, 0.25) is 10.0 Å². The average Bonchev–Trinajstić information content (AvgIpc) is 2.57. The largest absolute Gasteiger partial charge is 0.496 e. The molecule has 0 aliphatic carbocycles. The van der Waals surface area contributed by atoms with Crippen LogP contribution in [-0.4, -0.2) is 24.9 Å². The van der Waals surface area contributed by atoms with Crippen molar-refractivity contribution in [1.29, 1.82) is 0 Å². The highest BCUT2D eigenvalue weighted by atomic mass is 35.5. The maximum atomic E-state index is 6.30. The van der Waals surface area contributed by atoms with E-state index in [4.69, 9.17) is 37.2 Å². The molecule has 1 saturated heterocycles. The van der Waals surface area contributed by atoms with Gasteiger partial charge in [0, 0.05) is 10.5 Å². The van der Waals surface area contributed by atoms with Crippen molar-refractivity contribution in [2.75, 3.05) is 6.61 Å². The molecule has 0 unspecified atom stereocenters. The number of rotatable bonds is 4. The minimum absolute atomic E-state index is 0.412. The van der Waals surface area contributed by atoms with Gasteiger partial charge in [0.15, 0.2) is 0 Å². The predicted octanol–water partition coefficient (Wildman–Crippen LogP) is 4.08. The fourth-order valence-electron chi connectivity index (χ4n) is 2.02. The third-order valence-corrected chi connectivity index (χ3v) is 4.64. The Morgan fingerprint density at radius 1 is 1.05 bits per heavy atom. The fourth-order valence-corrected chi connectivity index (χ4v) is 2.54. The van der Waals surface area contributed by atoms with E-state index in [1.807, 2.05) is 40.7 Å². The molecule has 0 radical (unpaired) electrons. The Labute approximate surface area is 137 Å². The molecule has 0 bridgehead atoms. The molecule has 3 nitrogen and oxygen atoms in total. The molecule has 21 heavy (non-hydrogen) atoms. The van der Waals surface area contributed by atoms with E-state index >= 15 is 0 Å². The molecule has 1 aromatic rings. The zero-order chi connectivity index (χ0) is 15.8. The molecule has 6 heteroatoms. The number of halogens is 2. The zero-order valence-electron chi connectivity index (χ0n) is 13.1. The Hall–Kier alpha value is -0.415. The van der Waals surface area contributed by atoms with Gasteiger partial charge in [0.2, 0.25) is 0 Å². The minimum Gasteiger partial charge on any atom is -0.492 e. The van der Waals surface area contributed by atoms with E-state index in [1.165, 1.54) is 0 Å². The summed E-state index contributed by atoms with van der Waals surface area (Å²) >= 11 is 12.5. The SMILES string of the molecule is CCCOc1cc(B2OC(C)(C)C(C)(C)O2)c(Cl)cc1Cl. The van der Waals surface area contributed by atoms with Crippen molar-refractivity contribution in [1.82, 2.24) is 0 Å². The van der Waals surface area contributed by atoms with Gasteiger partial charge in [0.05, 0.1) is 22.8 Å². The molecule has 0 aromatic heterocycles. The van der Waals surface area contributed by atoms with E-state index in [-0.39, 0.29) is 0 Å². The van der Waals surface area contributed by atoms with Crippen LogP contribution < -0.4 is 10.2 Å². The van der Waals surface area contributed by atoms with E-state index in [0.29, 0.717) is 22.4 Å². The summed E-state index contributed by atoms with van der Waals surface area (Å²) in [6.45, 7) is 10.7. The van der Waals surface area contributed by atoms with Crippen molar-refractivity contribution in [3.63, 3.8) is 0 Å². The van der Waals surface area contributed by atoms with Gasteiger partial charge >= 0.3 is 7.12 Å². The Bertz CT molecular complexity index is 516. The maximum Gasteiger partial charge on any atom is 0.496 e. The van der Waals surface area contributed by atoms with Gasteiger partial charge in [-0.15, -0.1) is 0 Å². The van der Waals surface area contributed by atoms with Crippen LogP contribution in [0.3, 0.4) is 0 Å². The van der Waals surface area contributed by atoms with Crippen molar-refractivity contribution >= 4 is 35.8 Å². The van der Waals surface area contributed by atoms with Crippen molar-refractivity contribution in [3.8, 4) is 5.75 Å². The first-order valence-electron chi connectivity index (χ1n) is 7.15. The van der Waals surface area contributed by atoms with Gasteiger partial charge in [-0.05, 0) is 46.2 Å². The van der Waals surface area contributed by atoms with Crippen LogP contribution in [0.4, 0.5) is 0 Å². The molecule has 0 spiro atoms. The minimum atomic E-state index is -0.524. The van der Waals surface area contributed by atoms with Crippen LogP contribution in [0, 0.1) is 0 Å². The first kappa shape index (κ1) is 16.9. The molecular formula is C15H21BCl2O3. The molecule has 116 valence electrons. The van der Waals surface area contributed by atoms with Gasteiger partial charge in [-0.3, -0.25) is 0 Å². The summed E-state index contributed by atoms with van der Waals surface area (Å²) in [5.41, 5.74) is -0.0818. The van der Waals surface area contributed by atoms with Gasteiger partial charge in [0.25, 0.3) is 0 Å². The Morgan fingerprint density at radius 3 is 2.14 bits per heavy atom. The molecule has 0 atom stereocenters. The molecule has 0 saturated carbocycles. The average molecular weight is 331 g/mol. The second-order valence-electron chi connectivity index (χ2n) is 6.24. The third-order valence-electron chi connectivity index (χ3n) is 4.02. The van der Waals surface area contributed by atoms with E-state index in [2.05, 4.69) is 0 Å². The first-order valence-corrected chi connectivity index (χ1v) is 7.91.